The molecule has 0 saturated heterocycles. The lowest BCUT2D eigenvalue weighted by atomic mass is 9.72. The van der Waals surface area contributed by atoms with Crippen LogP contribution in [0.25, 0.3) is 0 Å². The number of allylic oxidation sites excluding steroid dienone is 1. The lowest BCUT2D eigenvalue weighted by Crippen LogP contribution is -2.67. The van der Waals surface area contributed by atoms with Crippen LogP contribution in [0.15, 0.2) is 34.1 Å². The SMILES string of the molecule is C[C@@H]1[C@@H](C)CCC[C@@H]1N1C(=O)[C@](NC(=O)c2ccco2)(C(F)(F)F)C2=C1CC(C)(C)CC2=O. The molecule has 0 aromatic carbocycles. The van der Waals surface area contributed by atoms with Gasteiger partial charge in [0.1, 0.15) is 0 Å². The molecule has 33 heavy (non-hydrogen) atoms. The Hall–Kier alpha value is -2.58. The maximum atomic E-state index is 14.8. The highest BCUT2D eigenvalue weighted by Crippen LogP contribution is 2.53. The number of nitrogens with one attached hydrogen (secondary N) is 1. The zero-order valence-electron chi connectivity index (χ0n) is 19.2. The van der Waals surface area contributed by atoms with Crippen LogP contribution in [0.4, 0.5) is 13.2 Å². The van der Waals surface area contributed by atoms with Crippen molar-refractivity contribution in [3.63, 3.8) is 0 Å². The van der Waals surface area contributed by atoms with Crippen LogP contribution in [0.5, 0.6) is 0 Å². The van der Waals surface area contributed by atoms with Crippen LogP contribution in [0, 0.1) is 17.3 Å². The van der Waals surface area contributed by atoms with Crippen molar-refractivity contribution in [1.82, 2.24) is 10.2 Å². The van der Waals surface area contributed by atoms with Crippen LogP contribution in [0.1, 0.15) is 70.4 Å². The van der Waals surface area contributed by atoms with E-state index in [4.69, 9.17) is 4.42 Å². The fraction of sp³-hybridized carbons (Fsp3) is 0.625. The fourth-order valence-corrected chi connectivity index (χ4v) is 5.69. The highest BCUT2D eigenvalue weighted by atomic mass is 19.4. The summed E-state index contributed by atoms with van der Waals surface area (Å²) < 4.78 is 49.5. The number of alkyl halides is 3. The van der Waals surface area contributed by atoms with E-state index in [0.29, 0.717) is 6.42 Å². The Labute approximate surface area is 190 Å². The lowest BCUT2D eigenvalue weighted by molar-refractivity contribution is -0.192. The molecule has 1 fully saturated rings. The Morgan fingerprint density at radius 1 is 1.18 bits per heavy atom. The van der Waals surface area contributed by atoms with E-state index >= 15 is 0 Å². The second-order valence-corrected chi connectivity index (χ2v) is 10.5. The molecule has 1 aromatic rings. The molecule has 1 saturated carbocycles. The predicted octanol–water partition coefficient (Wildman–Crippen LogP) is 4.62. The van der Waals surface area contributed by atoms with Gasteiger partial charge in [-0.2, -0.15) is 13.2 Å². The number of rotatable bonds is 3. The third-order valence-electron chi connectivity index (χ3n) is 7.52. The van der Waals surface area contributed by atoms with E-state index in [0.717, 1.165) is 19.1 Å². The van der Waals surface area contributed by atoms with Gasteiger partial charge in [-0.25, -0.2) is 0 Å². The lowest BCUT2D eigenvalue weighted by Gasteiger charge is -2.43. The highest BCUT2D eigenvalue weighted by molar-refractivity contribution is 6.14. The minimum absolute atomic E-state index is 0.0543. The Balaban J connectivity index is 1.91. The van der Waals surface area contributed by atoms with Crippen molar-refractivity contribution in [2.75, 3.05) is 0 Å². The van der Waals surface area contributed by atoms with Gasteiger partial charge in [-0.1, -0.05) is 40.5 Å². The predicted molar refractivity (Wildman–Crippen MR) is 113 cm³/mol. The molecular weight excluding hydrogens is 437 g/mol. The number of hydrogen-bond acceptors (Lipinski definition) is 4. The topological polar surface area (TPSA) is 79.6 Å². The van der Waals surface area contributed by atoms with Gasteiger partial charge in [0.05, 0.1) is 11.8 Å². The Bertz CT molecular complexity index is 1010. The van der Waals surface area contributed by atoms with Crippen LogP contribution in [0.2, 0.25) is 0 Å². The minimum Gasteiger partial charge on any atom is -0.459 e. The Morgan fingerprint density at radius 2 is 1.88 bits per heavy atom. The van der Waals surface area contributed by atoms with Gasteiger partial charge < -0.3 is 14.6 Å². The van der Waals surface area contributed by atoms with Crippen LogP contribution in [-0.2, 0) is 9.59 Å². The maximum Gasteiger partial charge on any atom is 0.425 e. The van der Waals surface area contributed by atoms with E-state index in [2.05, 4.69) is 0 Å². The smallest absolute Gasteiger partial charge is 0.425 e. The van der Waals surface area contributed by atoms with E-state index in [1.807, 2.05) is 19.2 Å². The van der Waals surface area contributed by atoms with Crippen molar-refractivity contribution in [3.8, 4) is 0 Å². The first-order valence-electron chi connectivity index (χ1n) is 11.3. The molecule has 2 heterocycles. The zero-order chi connectivity index (χ0) is 24.3. The number of carbonyl (C=O) groups excluding carboxylic acids is 3. The first-order chi connectivity index (χ1) is 15.3. The van der Waals surface area contributed by atoms with Gasteiger partial charge in [0.15, 0.2) is 11.5 Å². The first-order valence-corrected chi connectivity index (χ1v) is 11.3. The van der Waals surface area contributed by atoms with Crippen LogP contribution in [0.3, 0.4) is 0 Å². The third-order valence-corrected chi connectivity index (χ3v) is 7.52. The number of halogens is 3. The molecule has 4 atom stereocenters. The quantitative estimate of drug-likeness (QED) is 0.705. The summed E-state index contributed by atoms with van der Waals surface area (Å²) >= 11 is 0. The van der Waals surface area contributed by atoms with Gasteiger partial charge >= 0.3 is 6.18 Å². The monoisotopic (exact) mass is 466 g/mol. The summed E-state index contributed by atoms with van der Waals surface area (Å²) in [5.41, 5.74) is -4.57. The number of nitrogens with zero attached hydrogens (tertiary/aromatic N) is 1. The molecule has 2 amide bonds. The molecule has 9 heteroatoms. The highest BCUT2D eigenvalue weighted by Gasteiger charge is 2.72. The number of hydrogen-bond donors (Lipinski definition) is 1. The molecule has 0 radical (unpaired) electrons. The largest absolute Gasteiger partial charge is 0.459 e. The second kappa shape index (κ2) is 7.74. The Kier molecular flexibility index (Phi) is 5.53. The molecule has 1 aromatic heterocycles. The summed E-state index contributed by atoms with van der Waals surface area (Å²) in [4.78, 5) is 41.0. The van der Waals surface area contributed by atoms with Crippen molar-refractivity contribution < 1.29 is 32.0 Å². The third kappa shape index (κ3) is 3.60. The first kappa shape index (κ1) is 23.6. The van der Waals surface area contributed by atoms with Crippen molar-refractivity contribution in [3.05, 3.63) is 35.4 Å². The summed E-state index contributed by atoms with van der Waals surface area (Å²) in [7, 11) is 0. The molecule has 1 aliphatic heterocycles. The van der Waals surface area contributed by atoms with Crippen LogP contribution >= 0.6 is 0 Å². The van der Waals surface area contributed by atoms with Crippen molar-refractivity contribution >= 4 is 17.6 Å². The van der Waals surface area contributed by atoms with Crippen molar-refractivity contribution in [2.45, 2.75) is 77.6 Å². The molecule has 0 spiro atoms. The van der Waals surface area contributed by atoms with E-state index < -0.39 is 46.3 Å². The van der Waals surface area contributed by atoms with Gasteiger partial charge in [-0.05, 0) is 42.2 Å². The number of Topliss-reactive ketones (excluding diaryl/α,β-unsaturated/α-hetero) is 1. The number of carbonyl (C=O) groups is 3. The standard InChI is InChI=1S/C24H29F3N2O4/c1-13-7-5-8-15(14(13)2)29-16-11-22(3,4)12-17(30)19(16)23(21(29)32,24(25,26)27)28-20(31)18-9-6-10-33-18/h6,9-10,13-15H,5,7-8,11-12H2,1-4H3,(H,28,31)/t13-,14+,15-,23-/m0/s1. The van der Waals surface area contributed by atoms with Gasteiger partial charge in [0.2, 0.25) is 5.54 Å². The van der Waals surface area contributed by atoms with Gasteiger partial charge in [0.25, 0.3) is 11.8 Å². The second-order valence-electron chi connectivity index (χ2n) is 10.5. The van der Waals surface area contributed by atoms with E-state index in [9.17, 15) is 27.6 Å². The molecule has 6 nitrogen and oxygen atoms in total. The summed E-state index contributed by atoms with van der Waals surface area (Å²) in [5.74, 6) is -3.45. The summed E-state index contributed by atoms with van der Waals surface area (Å²) in [6.07, 6.45) is -1.82. The van der Waals surface area contributed by atoms with Crippen molar-refractivity contribution in [2.24, 2.45) is 17.3 Å². The fourth-order valence-electron chi connectivity index (χ4n) is 5.69. The van der Waals surface area contributed by atoms with Gasteiger partial charge in [-0.15, -0.1) is 0 Å². The molecule has 0 unspecified atom stereocenters. The van der Waals surface area contributed by atoms with E-state index in [1.165, 1.54) is 17.0 Å². The molecule has 180 valence electrons. The molecule has 3 aliphatic rings. The summed E-state index contributed by atoms with van der Waals surface area (Å²) in [6.45, 7) is 7.57. The normalized spacial score (nSPS) is 32.2. The number of amides is 2. The van der Waals surface area contributed by atoms with Crippen LogP contribution in [-0.4, -0.2) is 40.3 Å². The van der Waals surface area contributed by atoms with Gasteiger partial charge in [0, 0.05) is 18.2 Å². The molecule has 0 bridgehead atoms. The molecule has 1 N–H and O–H groups in total. The van der Waals surface area contributed by atoms with Crippen molar-refractivity contribution in [1.29, 1.82) is 0 Å². The van der Waals surface area contributed by atoms with Crippen LogP contribution < -0.4 is 5.32 Å². The van der Waals surface area contributed by atoms with Gasteiger partial charge in [-0.3, -0.25) is 14.4 Å². The van der Waals surface area contributed by atoms with E-state index in [-0.39, 0.29) is 36.1 Å². The summed E-state index contributed by atoms with van der Waals surface area (Å²) in [6, 6.07) is 2.10. The maximum absolute atomic E-state index is 14.8. The average molecular weight is 467 g/mol. The molecule has 2 aliphatic carbocycles. The molecular formula is C24H29F3N2O4. The zero-order valence-corrected chi connectivity index (χ0v) is 19.2. The number of ketones is 1. The number of furan rings is 1. The average Bonchev–Trinajstić information content (AvgIpc) is 3.30. The summed E-state index contributed by atoms with van der Waals surface area (Å²) in [5, 5.41) is 1.91. The molecule has 4 rings (SSSR count). The van der Waals surface area contributed by atoms with E-state index in [1.54, 1.807) is 13.8 Å². The Morgan fingerprint density at radius 3 is 2.48 bits per heavy atom. The minimum atomic E-state index is -5.22.